The van der Waals surface area contributed by atoms with Gasteiger partial charge in [-0.1, -0.05) is 41.9 Å². The van der Waals surface area contributed by atoms with Crippen molar-refractivity contribution in [2.75, 3.05) is 39.4 Å². The first kappa shape index (κ1) is 24.3. The number of amides is 1. The Morgan fingerprint density at radius 2 is 1.82 bits per heavy atom. The number of rotatable bonds is 8. The quantitative estimate of drug-likeness (QED) is 0.311. The normalized spacial score (nSPS) is 19.2. The van der Waals surface area contributed by atoms with E-state index in [0.717, 1.165) is 36.1 Å². The Labute approximate surface area is 208 Å². The van der Waals surface area contributed by atoms with Gasteiger partial charge in [0.25, 0.3) is 11.7 Å². The molecule has 1 N–H and O–H groups in total. The lowest BCUT2D eigenvalue weighted by Crippen LogP contribution is -2.33. The first-order valence-electron chi connectivity index (χ1n) is 11.6. The minimum atomic E-state index is -0.680. The Morgan fingerprint density at radius 3 is 2.53 bits per heavy atom. The molecule has 180 valence electrons. The minimum Gasteiger partial charge on any atom is -0.507 e. The summed E-state index contributed by atoms with van der Waals surface area (Å²) in [5.41, 5.74) is 1.25. The largest absolute Gasteiger partial charge is 0.507 e. The first-order chi connectivity index (χ1) is 16.4. The topological polar surface area (TPSA) is 79.3 Å². The molecule has 0 radical (unpaired) electrons. The molecule has 2 aliphatic heterocycles. The molecule has 1 fully saturated rings. The molecule has 34 heavy (non-hydrogen) atoms. The van der Waals surface area contributed by atoms with E-state index in [0.29, 0.717) is 36.8 Å². The molecule has 1 atom stereocenters. The minimum absolute atomic E-state index is 0.0858. The fraction of sp³-hybridized carbons (Fsp3) is 0.385. The van der Waals surface area contributed by atoms with Crippen molar-refractivity contribution in [3.63, 3.8) is 0 Å². The zero-order chi connectivity index (χ0) is 24.2. The first-order valence-corrected chi connectivity index (χ1v) is 12.4. The molecule has 8 heteroatoms. The number of hydrogen-bond donors (Lipinski definition) is 1. The fourth-order valence-electron chi connectivity index (χ4n) is 4.48. The van der Waals surface area contributed by atoms with Gasteiger partial charge in [-0.25, -0.2) is 0 Å². The lowest BCUT2D eigenvalue weighted by Gasteiger charge is -2.27. The number of aliphatic hydroxyl groups is 1. The molecule has 2 aromatic carbocycles. The summed E-state index contributed by atoms with van der Waals surface area (Å²) in [6, 6.07) is 11.8. The van der Waals surface area contributed by atoms with E-state index in [1.54, 1.807) is 23.1 Å². The highest BCUT2D eigenvalue weighted by molar-refractivity contribution is 9.10. The van der Waals surface area contributed by atoms with Crippen LogP contribution < -0.4 is 9.47 Å². The molecule has 0 unspecified atom stereocenters. The Bertz CT molecular complexity index is 1110. The van der Waals surface area contributed by atoms with Gasteiger partial charge in [-0.15, -0.1) is 0 Å². The number of benzene rings is 2. The van der Waals surface area contributed by atoms with Crippen LogP contribution in [0.3, 0.4) is 0 Å². The average Bonchev–Trinajstić information content (AvgIpc) is 3.11. The molecule has 1 saturated heterocycles. The van der Waals surface area contributed by atoms with Crippen molar-refractivity contribution in [2.24, 2.45) is 0 Å². The monoisotopic (exact) mass is 528 g/mol. The van der Waals surface area contributed by atoms with Crippen LogP contribution in [0.2, 0.25) is 0 Å². The maximum absolute atomic E-state index is 13.2. The van der Waals surface area contributed by atoms with E-state index in [1.807, 2.05) is 24.3 Å². The molecule has 0 aromatic heterocycles. The highest BCUT2D eigenvalue weighted by Crippen LogP contribution is 2.41. The molecule has 1 amide bonds. The molecule has 2 heterocycles. The summed E-state index contributed by atoms with van der Waals surface area (Å²) in [5, 5.41) is 11.3. The predicted octanol–water partition coefficient (Wildman–Crippen LogP) is 4.37. The SMILES string of the molecule is CCN(CC)CCCN1C(=O)C(=O)C(=C(O)c2ccc3c(c2)OCCO3)[C@@H]1c1cccc(Br)c1. The standard InChI is InChI=1S/C26H29BrN2O5/c1-3-28(4-2)11-6-12-29-23(17-7-5-8-19(27)15-17)22(25(31)26(29)32)24(30)18-9-10-20-21(16-18)34-14-13-33-20/h5,7-10,15-16,23,30H,3-4,6,11-14H2,1-2H3/t23-/m0/s1. The molecular formula is C26H29BrN2O5. The van der Waals surface area contributed by atoms with Crippen molar-refractivity contribution >= 4 is 33.4 Å². The van der Waals surface area contributed by atoms with E-state index in [9.17, 15) is 14.7 Å². The predicted molar refractivity (Wildman–Crippen MR) is 133 cm³/mol. The van der Waals surface area contributed by atoms with Gasteiger partial charge >= 0.3 is 0 Å². The van der Waals surface area contributed by atoms with Crippen molar-refractivity contribution in [3.05, 3.63) is 63.6 Å². The van der Waals surface area contributed by atoms with E-state index >= 15 is 0 Å². The summed E-state index contributed by atoms with van der Waals surface area (Å²) < 4.78 is 12.0. The Kier molecular flexibility index (Phi) is 7.58. The van der Waals surface area contributed by atoms with E-state index in [2.05, 4.69) is 34.7 Å². The number of fused-ring (bicyclic) bond motifs is 1. The third kappa shape index (κ3) is 4.83. The number of ether oxygens (including phenoxy) is 2. The van der Waals surface area contributed by atoms with Crippen molar-refractivity contribution in [1.82, 2.24) is 9.80 Å². The van der Waals surface area contributed by atoms with E-state index in [4.69, 9.17) is 9.47 Å². The summed E-state index contributed by atoms with van der Waals surface area (Å²) in [6.07, 6.45) is 0.725. The van der Waals surface area contributed by atoms with Crippen molar-refractivity contribution in [3.8, 4) is 11.5 Å². The van der Waals surface area contributed by atoms with Crippen LogP contribution in [-0.2, 0) is 9.59 Å². The number of ketones is 1. The smallest absolute Gasteiger partial charge is 0.295 e. The number of carbonyl (C=O) groups is 2. The van der Waals surface area contributed by atoms with Crippen LogP contribution in [0.4, 0.5) is 0 Å². The molecule has 7 nitrogen and oxygen atoms in total. The maximum Gasteiger partial charge on any atom is 0.295 e. The van der Waals surface area contributed by atoms with Gasteiger partial charge in [-0.3, -0.25) is 9.59 Å². The summed E-state index contributed by atoms with van der Waals surface area (Å²) >= 11 is 3.49. The van der Waals surface area contributed by atoms with E-state index in [1.165, 1.54) is 0 Å². The average molecular weight is 529 g/mol. The van der Waals surface area contributed by atoms with E-state index < -0.39 is 17.7 Å². The lowest BCUT2D eigenvalue weighted by molar-refractivity contribution is -0.140. The van der Waals surface area contributed by atoms with Gasteiger partial charge in [0.05, 0.1) is 11.6 Å². The molecule has 2 aromatic rings. The van der Waals surface area contributed by atoms with Gasteiger partial charge in [0, 0.05) is 16.6 Å². The molecule has 0 aliphatic carbocycles. The second-order valence-electron chi connectivity index (χ2n) is 8.29. The molecule has 2 aliphatic rings. The van der Waals surface area contributed by atoms with E-state index in [-0.39, 0.29) is 11.3 Å². The summed E-state index contributed by atoms with van der Waals surface area (Å²) in [4.78, 5) is 30.2. The highest BCUT2D eigenvalue weighted by atomic mass is 79.9. The van der Waals surface area contributed by atoms with Gasteiger partial charge in [0.2, 0.25) is 0 Å². The van der Waals surface area contributed by atoms with Gasteiger partial charge < -0.3 is 24.4 Å². The number of hydrogen-bond acceptors (Lipinski definition) is 6. The summed E-state index contributed by atoms with van der Waals surface area (Å²) in [7, 11) is 0. The molecular weight excluding hydrogens is 500 g/mol. The van der Waals surface area contributed by atoms with Crippen LogP contribution in [0.5, 0.6) is 11.5 Å². The molecule has 4 rings (SSSR count). The second-order valence-corrected chi connectivity index (χ2v) is 9.20. The third-order valence-electron chi connectivity index (χ3n) is 6.29. The zero-order valence-electron chi connectivity index (χ0n) is 19.4. The Morgan fingerprint density at radius 1 is 1.09 bits per heavy atom. The van der Waals surface area contributed by atoms with Crippen LogP contribution in [-0.4, -0.2) is 66.0 Å². The van der Waals surface area contributed by atoms with Crippen LogP contribution in [0.25, 0.3) is 5.76 Å². The van der Waals surface area contributed by atoms with Crippen molar-refractivity contribution in [2.45, 2.75) is 26.3 Å². The van der Waals surface area contributed by atoms with Crippen LogP contribution >= 0.6 is 15.9 Å². The highest BCUT2D eigenvalue weighted by Gasteiger charge is 2.46. The van der Waals surface area contributed by atoms with Gasteiger partial charge in [-0.05, 0) is 62.0 Å². The fourth-order valence-corrected chi connectivity index (χ4v) is 4.90. The number of likely N-dealkylation sites (tertiary alicyclic amines) is 1. The van der Waals surface area contributed by atoms with Crippen LogP contribution in [0, 0.1) is 0 Å². The van der Waals surface area contributed by atoms with Crippen molar-refractivity contribution < 1.29 is 24.2 Å². The Balaban J connectivity index is 1.73. The van der Waals surface area contributed by atoms with Gasteiger partial charge in [-0.2, -0.15) is 0 Å². The van der Waals surface area contributed by atoms with Crippen molar-refractivity contribution in [1.29, 1.82) is 0 Å². The Hall–Kier alpha value is -2.84. The van der Waals surface area contributed by atoms with Gasteiger partial charge in [0.15, 0.2) is 11.5 Å². The van der Waals surface area contributed by atoms with Crippen LogP contribution in [0.15, 0.2) is 52.5 Å². The molecule has 0 saturated carbocycles. The zero-order valence-corrected chi connectivity index (χ0v) is 21.0. The summed E-state index contributed by atoms with van der Waals surface area (Å²) in [6.45, 7) is 8.16. The number of nitrogens with zero attached hydrogens (tertiary/aromatic N) is 2. The molecule has 0 bridgehead atoms. The number of aliphatic hydroxyl groups excluding tert-OH is 1. The van der Waals surface area contributed by atoms with Gasteiger partial charge in [0.1, 0.15) is 19.0 Å². The number of Topliss-reactive ketones (excluding diaryl/α,β-unsaturated/α-hetero) is 1. The number of halogens is 1. The maximum atomic E-state index is 13.2. The second kappa shape index (κ2) is 10.6. The third-order valence-corrected chi connectivity index (χ3v) is 6.78. The number of carbonyl (C=O) groups excluding carboxylic acids is 2. The molecule has 0 spiro atoms. The summed E-state index contributed by atoms with van der Waals surface area (Å²) in [5.74, 6) is -0.402. The lowest BCUT2D eigenvalue weighted by atomic mass is 9.95. The van der Waals surface area contributed by atoms with Crippen LogP contribution in [0.1, 0.15) is 37.4 Å².